The molecule has 1 heterocycles. The van der Waals surface area contributed by atoms with E-state index in [1.165, 1.54) is 6.07 Å². The molecular weight excluding hydrogens is 281 g/mol. The van der Waals surface area contributed by atoms with Crippen molar-refractivity contribution in [3.8, 4) is 5.75 Å². The predicted octanol–water partition coefficient (Wildman–Crippen LogP) is 3.09. The van der Waals surface area contributed by atoms with Crippen molar-refractivity contribution in [3.63, 3.8) is 0 Å². The molecule has 1 N–H and O–H groups in total. The molecule has 1 aliphatic heterocycles. The number of halogens is 1. The van der Waals surface area contributed by atoms with Crippen LogP contribution in [0.2, 0.25) is 0 Å². The topological polar surface area (TPSA) is 40.5 Å². The fourth-order valence-corrected chi connectivity index (χ4v) is 2.95. The number of rotatable bonds is 3. The lowest BCUT2D eigenvalue weighted by Crippen LogP contribution is -2.29. The summed E-state index contributed by atoms with van der Waals surface area (Å²) in [6.07, 6.45) is 1.04. The molecule has 1 amide bonds. The minimum atomic E-state index is -0.239. The van der Waals surface area contributed by atoms with Gasteiger partial charge < -0.3 is 10.0 Å². The quantitative estimate of drug-likeness (QED) is 0.946. The van der Waals surface area contributed by atoms with Crippen molar-refractivity contribution in [3.05, 3.63) is 65.5 Å². The van der Waals surface area contributed by atoms with Gasteiger partial charge in [0.25, 0.3) is 0 Å². The molecule has 0 bridgehead atoms. The number of benzene rings is 2. The van der Waals surface area contributed by atoms with Gasteiger partial charge in [-0.15, -0.1) is 0 Å². The van der Waals surface area contributed by atoms with Crippen molar-refractivity contribution in [1.82, 2.24) is 4.90 Å². The summed E-state index contributed by atoms with van der Waals surface area (Å²) >= 11 is 0. The molecule has 0 unspecified atom stereocenters. The van der Waals surface area contributed by atoms with Gasteiger partial charge in [0.15, 0.2) is 0 Å². The third-order valence-electron chi connectivity index (χ3n) is 4.19. The number of phenols is 1. The molecule has 0 saturated carbocycles. The van der Waals surface area contributed by atoms with Crippen molar-refractivity contribution in [2.45, 2.75) is 18.8 Å². The molecule has 0 spiro atoms. The number of likely N-dealkylation sites (tertiary alicyclic amines) is 1. The summed E-state index contributed by atoms with van der Waals surface area (Å²) in [6.45, 7) is 1.28. The van der Waals surface area contributed by atoms with Crippen molar-refractivity contribution >= 4 is 5.91 Å². The average Bonchev–Trinajstić information content (AvgIpc) is 2.99. The Labute approximate surface area is 129 Å². The van der Waals surface area contributed by atoms with E-state index in [1.807, 2.05) is 12.1 Å². The zero-order valence-electron chi connectivity index (χ0n) is 12.2. The second-order valence-electron chi connectivity index (χ2n) is 5.69. The smallest absolute Gasteiger partial charge is 0.227 e. The molecule has 0 aromatic heterocycles. The summed E-state index contributed by atoms with van der Waals surface area (Å²) < 4.78 is 13.3. The first-order chi connectivity index (χ1) is 10.6. The van der Waals surface area contributed by atoms with Crippen LogP contribution in [-0.2, 0) is 11.2 Å². The first-order valence-corrected chi connectivity index (χ1v) is 7.43. The molecule has 1 fully saturated rings. The Kier molecular flexibility index (Phi) is 4.09. The highest BCUT2D eigenvalue weighted by molar-refractivity contribution is 5.79. The van der Waals surface area contributed by atoms with Crippen LogP contribution in [0.15, 0.2) is 48.5 Å². The lowest BCUT2D eigenvalue weighted by Gasteiger charge is -2.17. The normalized spacial score (nSPS) is 17.7. The Balaban J connectivity index is 1.65. The molecule has 3 nitrogen and oxygen atoms in total. The Morgan fingerprint density at radius 2 is 2.05 bits per heavy atom. The van der Waals surface area contributed by atoms with E-state index in [-0.39, 0.29) is 29.8 Å². The number of aromatic hydroxyl groups is 1. The van der Waals surface area contributed by atoms with E-state index in [2.05, 4.69) is 0 Å². The molecule has 1 saturated heterocycles. The van der Waals surface area contributed by atoms with Gasteiger partial charge in [0, 0.05) is 24.6 Å². The Bertz CT molecular complexity index is 686. The number of carbonyl (C=O) groups excluding carboxylic acids is 1. The first-order valence-electron chi connectivity index (χ1n) is 7.43. The number of carbonyl (C=O) groups is 1. The monoisotopic (exact) mass is 299 g/mol. The van der Waals surface area contributed by atoms with Crippen LogP contribution in [-0.4, -0.2) is 29.0 Å². The fraction of sp³-hybridized carbons (Fsp3) is 0.278. The van der Waals surface area contributed by atoms with Crippen LogP contribution in [0.25, 0.3) is 0 Å². The number of para-hydroxylation sites is 1. The van der Waals surface area contributed by atoms with Crippen LogP contribution >= 0.6 is 0 Å². The van der Waals surface area contributed by atoms with E-state index < -0.39 is 0 Å². The van der Waals surface area contributed by atoms with Gasteiger partial charge in [-0.2, -0.15) is 0 Å². The molecule has 4 heteroatoms. The van der Waals surface area contributed by atoms with E-state index in [9.17, 15) is 14.3 Å². The lowest BCUT2D eigenvalue weighted by atomic mass is 9.98. The maximum absolute atomic E-state index is 13.3. The molecule has 2 aromatic rings. The molecule has 114 valence electrons. The number of hydrogen-bond donors (Lipinski definition) is 1. The first kappa shape index (κ1) is 14.6. The van der Waals surface area contributed by atoms with Gasteiger partial charge in [0.2, 0.25) is 5.91 Å². The van der Waals surface area contributed by atoms with E-state index >= 15 is 0 Å². The molecule has 3 rings (SSSR count). The second-order valence-corrected chi connectivity index (χ2v) is 5.69. The van der Waals surface area contributed by atoms with Crippen molar-refractivity contribution in [2.24, 2.45) is 0 Å². The number of phenolic OH excluding ortho intramolecular Hbond substituents is 1. The van der Waals surface area contributed by atoms with Crippen molar-refractivity contribution in [1.29, 1.82) is 0 Å². The Hall–Kier alpha value is -2.36. The summed E-state index contributed by atoms with van der Waals surface area (Å²) in [5.41, 5.74) is 1.58. The molecule has 22 heavy (non-hydrogen) atoms. The van der Waals surface area contributed by atoms with Crippen LogP contribution < -0.4 is 0 Å². The average molecular weight is 299 g/mol. The molecule has 0 radical (unpaired) electrons. The van der Waals surface area contributed by atoms with Crippen molar-refractivity contribution in [2.75, 3.05) is 13.1 Å². The fourth-order valence-electron chi connectivity index (χ4n) is 2.95. The number of hydrogen-bond acceptors (Lipinski definition) is 2. The minimum Gasteiger partial charge on any atom is -0.508 e. The molecular formula is C18H18FNO2. The standard InChI is InChI=1S/C18H18FNO2/c19-16-6-3-5-13(10-16)15-8-9-20(12-15)18(22)11-14-4-1-2-7-17(14)21/h1-7,10,15,21H,8-9,11-12H2/t15-/m0/s1. The number of amides is 1. The summed E-state index contributed by atoms with van der Waals surface area (Å²) in [7, 11) is 0. The highest BCUT2D eigenvalue weighted by atomic mass is 19.1. The van der Waals surface area contributed by atoms with Gasteiger partial charge >= 0.3 is 0 Å². The van der Waals surface area contributed by atoms with E-state index in [4.69, 9.17) is 0 Å². The maximum Gasteiger partial charge on any atom is 0.227 e. The summed E-state index contributed by atoms with van der Waals surface area (Å²) in [4.78, 5) is 14.1. The zero-order chi connectivity index (χ0) is 15.5. The minimum absolute atomic E-state index is 0.000373. The van der Waals surface area contributed by atoms with Gasteiger partial charge in [0.05, 0.1) is 6.42 Å². The Morgan fingerprint density at radius 3 is 2.82 bits per heavy atom. The van der Waals surface area contributed by atoms with Crippen LogP contribution in [0.1, 0.15) is 23.5 Å². The Morgan fingerprint density at radius 1 is 1.23 bits per heavy atom. The second kappa shape index (κ2) is 6.18. The highest BCUT2D eigenvalue weighted by Crippen LogP contribution is 2.28. The summed E-state index contributed by atoms with van der Waals surface area (Å²) in [5.74, 6) is 0.0950. The molecule has 0 aliphatic carbocycles. The summed E-state index contributed by atoms with van der Waals surface area (Å²) in [5, 5.41) is 9.75. The van der Waals surface area contributed by atoms with E-state index in [0.717, 1.165) is 12.0 Å². The molecule has 2 aromatic carbocycles. The van der Waals surface area contributed by atoms with Gasteiger partial charge in [0.1, 0.15) is 11.6 Å². The predicted molar refractivity (Wildman–Crippen MR) is 82.1 cm³/mol. The zero-order valence-corrected chi connectivity index (χ0v) is 12.2. The van der Waals surface area contributed by atoms with Crippen LogP contribution in [0.5, 0.6) is 5.75 Å². The van der Waals surface area contributed by atoms with E-state index in [1.54, 1.807) is 35.2 Å². The lowest BCUT2D eigenvalue weighted by molar-refractivity contribution is -0.129. The van der Waals surface area contributed by atoms with Crippen molar-refractivity contribution < 1.29 is 14.3 Å². The summed E-state index contributed by atoms with van der Waals surface area (Å²) in [6, 6.07) is 13.5. The largest absolute Gasteiger partial charge is 0.508 e. The van der Waals surface area contributed by atoms with Crippen LogP contribution in [0.4, 0.5) is 4.39 Å². The molecule has 1 aliphatic rings. The SMILES string of the molecule is O=C(Cc1ccccc1O)N1CC[C@H](c2cccc(F)c2)C1. The third kappa shape index (κ3) is 3.11. The van der Waals surface area contributed by atoms with Gasteiger partial charge in [-0.05, 0) is 30.2 Å². The molecule has 1 atom stereocenters. The van der Waals surface area contributed by atoms with E-state index in [0.29, 0.717) is 18.7 Å². The van der Waals surface area contributed by atoms with Gasteiger partial charge in [-0.25, -0.2) is 4.39 Å². The number of nitrogens with zero attached hydrogens (tertiary/aromatic N) is 1. The van der Waals surface area contributed by atoms with Crippen LogP contribution in [0, 0.1) is 5.82 Å². The van der Waals surface area contributed by atoms with Gasteiger partial charge in [-0.1, -0.05) is 30.3 Å². The highest BCUT2D eigenvalue weighted by Gasteiger charge is 2.27. The van der Waals surface area contributed by atoms with Gasteiger partial charge in [-0.3, -0.25) is 4.79 Å². The van der Waals surface area contributed by atoms with Crippen LogP contribution in [0.3, 0.4) is 0 Å². The third-order valence-corrected chi connectivity index (χ3v) is 4.19. The maximum atomic E-state index is 13.3.